The zero-order valence-corrected chi connectivity index (χ0v) is 9.91. The minimum Gasteiger partial charge on any atom is -0.462 e. The van der Waals surface area contributed by atoms with E-state index in [9.17, 15) is 9.59 Å². The summed E-state index contributed by atoms with van der Waals surface area (Å²) in [5.41, 5.74) is 0. The third kappa shape index (κ3) is 7.08. The lowest BCUT2D eigenvalue weighted by molar-refractivity contribution is -0.153. The van der Waals surface area contributed by atoms with Crippen LogP contribution in [0.2, 0.25) is 0 Å². The van der Waals surface area contributed by atoms with E-state index in [4.69, 9.17) is 9.47 Å². The van der Waals surface area contributed by atoms with Crippen LogP contribution in [0.25, 0.3) is 0 Å². The molecule has 0 amide bonds. The highest BCUT2D eigenvalue weighted by Gasteiger charge is 2.18. The van der Waals surface area contributed by atoms with Crippen LogP contribution in [0, 0.1) is 5.92 Å². The van der Waals surface area contributed by atoms with Crippen molar-refractivity contribution in [1.82, 2.24) is 0 Å². The van der Waals surface area contributed by atoms with Gasteiger partial charge in [0.2, 0.25) is 0 Å². The first-order valence-corrected chi connectivity index (χ1v) is 5.15. The van der Waals surface area contributed by atoms with Gasteiger partial charge in [0.25, 0.3) is 0 Å². The second-order valence-corrected chi connectivity index (χ2v) is 3.93. The predicted octanol–water partition coefficient (Wildman–Crippen LogP) is 1.57. The lowest BCUT2D eigenvalue weighted by Crippen LogP contribution is -2.26. The zero-order valence-electron chi connectivity index (χ0n) is 9.91. The first-order chi connectivity index (χ1) is 6.97. The predicted molar refractivity (Wildman–Crippen MR) is 56.5 cm³/mol. The maximum Gasteiger partial charge on any atom is 0.313 e. The molecule has 0 bridgehead atoms. The van der Waals surface area contributed by atoms with Gasteiger partial charge < -0.3 is 9.47 Å². The molecule has 0 saturated carbocycles. The fraction of sp³-hybridized carbons (Fsp3) is 0.818. The molecular formula is C11H20O4. The summed E-state index contributed by atoms with van der Waals surface area (Å²) in [6.45, 7) is 5.87. The number of rotatable bonds is 7. The number of hydrogen-bond donors (Lipinski definition) is 0. The molecule has 0 radical (unpaired) electrons. The summed E-state index contributed by atoms with van der Waals surface area (Å²) in [4.78, 5) is 21.9. The second-order valence-electron chi connectivity index (χ2n) is 3.93. The molecule has 0 aromatic rings. The van der Waals surface area contributed by atoms with E-state index in [1.165, 1.54) is 6.92 Å². The number of esters is 1. The average molecular weight is 216 g/mol. The molecule has 0 aromatic heterocycles. The SMILES string of the molecule is COCCC(OC(=O)CC(C)=O)C(C)C. The second kappa shape index (κ2) is 7.40. The molecule has 0 aromatic carbocycles. The number of ketones is 1. The summed E-state index contributed by atoms with van der Waals surface area (Å²) >= 11 is 0. The Kier molecular flexibility index (Phi) is 6.96. The Hall–Kier alpha value is -0.900. The van der Waals surface area contributed by atoms with Crippen LogP contribution in [0.15, 0.2) is 0 Å². The molecule has 0 fully saturated rings. The maximum absolute atomic E-state index is 11.2. The van der Waals surface area contributed by atoms with Gasteiger partial charge in [-0.25, -0.2) is 0 Å². The highest BCUT2D eigenvalue weighted by molar-refractivity contribution is 5.94. The first kappa shape index (κ1) is 14.1. The fourth-order valence-corrected chi connectivity index (χ4v) is 1.18. The van der Waals surface area contributed by atoms with Crippen molar-refractivity contribution in [2.75, 3.05) is 13.7 Å². The number of carbonyl (C=O) groups excluding carboxylic acids is 2. The van der Waals surface area contributed by atoms with E-state index in [0.717, 1.165) is 0 Å². The Morgan fingerprint density at radius 3 is 2.27 bits per heavy atom. The highest BCUT2D eigenvalue weighted by Crippen LogP contribution is 2.12. The largest absolute Gasteiger partial charge is 0.462 e. The standard InChI is InChI=1S/C11H20O4/c1-8(2)10(5-6-14-4)15-11(13)7-9(3)12/h8,10H,5-7H2,1-4H3. The first-order valence-electron chi connectivity index (χ1n) is 5.15. The van der Waals surface area contributed by atoms with Gasteiger partial charge in [0.05, 0.1) is 0 Å². The molecule has 1 atom stereocenters. The topological polar surface area (TPSA) is 52.6 Å². The van der Waals surface area contributed by atoms with Crippen molar-refractivity contribution in [2.24, 2.45) is 5.92 Å². The van der Waals surface area contributed by atoms with Gasteiger partial charge >= 0.3 is 5.97 Å². The maximum atomic E-state index is 11.2. The molecule has 1 unspecified atom stereocenters. The van der Waals surface area contributed by atoms with Crippen molar-refractivity contribution in [2.45, 2.75) is 39.7 Å². The monoisotopic (exact) mass is 216 g/mol. The van der Waals surface area contributed by atoms with E-state index >= 15 is 0 Å². The van der Waals surface area contributed by atoms with E-state index in [1.807, 2.05) is 13.8 Å². The third-order valence-electron chi connectivity index (χ3n) is 2.03. The van der Waals surface area contributed by atoms with E-state index in [1.54, 1.807) is 7.11 Å². The van der Waals surface area contributed by atoms with Crippen LogP contribution in [0.1, 0.15) is 33.6 Å². The van der Waals surface area contributed by atoms with Gasteiger partial charge in [-0.05, 0) is 12.8 Å². The number of Topliss-reactive ketones (excluding diaryl/α,β-unsaturated/α-hetero) is 1. The van der Waals surface area contributed by atoms with Gasteiger partial charge in [-0.1, -0.05) is 13.8 Å². The molecular weight excluding hydrogens is 196 g/mol. The minimum atomic E-state index is -0.447. The quantitative estimate of drug-likeness (QED) is 0.479. The van der Waals surface area contributed by atoms with Crippen molar-refractivity contribution < 1.29 is 19.1 Å². The van der Waals surface area contributed by atoms with Gasteiger partial charge in [-0.3, -0.25) is 9.59 Å². The van der Waals surface area contributed by atoms with Gasteiger partial charge in [0.1, 0.15) is 18.3 Å². The summed E-state index contributed by atoms with van der Waals surface area (Å²) in [5.74, 6) is -0.386. The van der Waals surface area contributed by atoms with Crippen LogP contribution < -0.4 is 0 Å². The number of carbonyl (C=O) groups is 2. The van der Waals surface area contributed by atoms with Gasteiger partial charge in [0, 0.05) is 20.1 Å². The van der Waals surface area contributed by atoms with Crippen LogP contribution in [0.3, 0.4) is 0 Å². The van der Waals surface area contributed by atoms with E-state index in [2.05, 4.69) is 0 Å². The number of hydrogen-bond acceptors (Lipinski definition) is 4. The Morgan fingerprint density at radius 1 is 1.27 bits per heavy atom. The zero-order chi connectivity index (χ0) is 11.8. The van der Waals surface area contributed by atoms with Crippen molar-refractivity contribution >= 4 is 11.8 Å². The Bertz CT molecular complexity index is 211. The lowest BCUT2D eigenvalue weighted by Gasteiger charge is -2.20. The van der Waals surface area contributed by atoms with E-state index in [0.29, 0.717) is 13.0 Å². The average Bonchev–Trinajstić information content (AvgIpc) is 2.10. The minimum absolute atomic E-state index is 0.143. The van der Waals surface area contributed by atoms with Gasteiger partial charge in [-0.15, -0.1) is 0 Å². The van der Waals surface area contributed by atoms with Crippen LogP contribution in [0.4, 0.5) is 0 Å². The van der Waals surface area contributed by atoms with Crippen molar-refractivity contribution in [3.63, 3.8) is 0 Å². The van der Waals surface area contributed by atoms with Crippen LogP contribution in [-0.4, -0.2) is 31.6 Å². The van der Waals surface area contributed by atoms with Crippen molar-refractivity contribution in [3.05, 3.63) is 0 Å². The van der Waals surface area contributed by atoms with E-state index in [-0.39, 0.29) is 24.2 Å². The van der Waals surface area contributed by atoms with Crippen molar-refractivity contribution in [1.29, 1.82) is 0 Å². The summed E-state index contributed by atoms with van der Waals surface area (Å²) in [5, 5.41) is 0. The molecule has 0 N–H and O–H groups in total. The summed E-state index contributed by atoms with van der Waals surface area (Å²) < 4.78 is 10.1. The Balaban J connectivity index is 4.04. The van der Waals surface area contributed by atoms with Crippen molar-refractivity contribution in [3.8, 4) is 0 Å². The van der Waals surface area contributed by atoms with Gasteiger partial charge in [0.15, 0.2) is 0 Å². The van der Waals surface area contributed by atoms with Crippen LogP contribution in [0.5, 0.6) is 0 Å². The third-order valence-corrected chi connectivity index (χ3v) is 2.03. The molecule has 0 aliphatic rings. The van der Waals surface area contributed by atoms with Crippen LogP contribution >= 0.6 is 0 Å². The van der Waals surface area contributed by atoms with Crippen LogP contribution in [-0.2, 0) is 19.1 Å². The highest BCUT2D eigenvalue weighted by atomic mass is 16.5. The summed E-state index contributed by atoms with van der Waals surface area (Å²) in [6.07, 6.45) is 0.352. The molecule has 0 saturated heterocycles. The lowest BCUT2D eigenvalue weighted by atomic mass is 10.0. The summed E-state index contributed by atoms with van der Waals surface area (Å²) in [7, 11) is 1.61. The molecule has 4 heteroatoms. The normalized spacial score (nSPS) is 12.6. The number of methoxy groups -OCH3 is 1. The molecule has 4 nitrogen and oxygen atoms in total. The molecule has 0 aliphatic carbocycles. The Morgan fingerprint density at radius 2 is 1.87 bits per heavy atom. The molecule has 15 heavy (non-hydrogen) atoms. The molecule has 0 rings (SSSR count). The Labute approximate surface area is 90.9 Å². The summed E-state index contributed by atoms with van der Waals surface area (Å²) in [6, 6.07) is 0. The van der Waals surface area contributed by atoms with E-state index < -0.39 is 5.97 Å². The molecule has 0 spiro atoms. The molecule has 0 heterocycles. The fourth-order valence-electron chi connectivity index (χ4n) is 1.18. The molecule has 0 aliphatic heterocycles. The van der Waals surface area contributed by atoms with Gasteiger partial charge in [-0.2, -0.15) is 0 Å². The number of ether oxygens (including phenoxy) is 2. The smallest absolute Gasteiger partial charge is 0.313 e. The molecule has 88 valence electrons.